The molecule has 2 fully saturated rings. The number of ketones is 1. The maximum absolute atomic E-state index is 13.4. The molecule has 174 valence electrons. The van der Waals surface area contributed by atoms with Gasteiger partial charge in [0.1, 0.15) is 11.5 Å². The summed E-state index contributed by atoms with van der Waals surface area (Å²) in [5.74, 6) is -0.962. The summed E-state index contributed by atoms with van der Waals surface area (Å²) in [6.45, 7) is 6.24. The number of methoxy groups -OCH3 is 1. The van der Waals surface area contributed by atoms with Crippen LogP contribution in [0.3, 0.4) is 0 Å². The number of aliphatic hydroxyl groups excluding tert-OH is 1. The molecule has 2 aliphatic rings. The number of benzene rings is 1. The number of pyridine rings is 1. The number of likely N-dealkylation sites (tertiary alicyclic amines) is 1. The van der Waals surface area contributed by atoms with Crippen LogP contribution in [-0.4, -0.2) is 39.8 Å². The predicted octanol–water partition coefficient (Wildman–Crippen LogP) is 5.14. The van der Waals surface area contributed by atoms with Crippen LogP contribution in [0.5, 0.6) is 5.75 Å². The Kier molecular flexibility index (Phi) is 6.28. The molecule has 0 spiro atoms. The maximum Gasteiger partial charge on any atom is 0.295 e. The van der Waals surface area contributed by atoms with E-state index in [1.807, 2.05) is 18.2 Å². The van der Waals surface area contributed by atoms with Crippen molar-refractivity contribution in [2.45, 2.75) is 70.4 Å². The Balaban J connectivity index is 1.92. The molecule has 2 heterocycles. The van der Waals surface area contributed by atoms with E-state index >= 15 is 0 Å². The van der Waals surface area contributed by atoms with Gasteiger partial charge in [-0.3, -0.25) is 14.6 Å². The van der Waals surface area contributed by atoms with E-state index in [2.05, 4.69) is 25.8 Å². The Morgan fingerprint density at radius 2 is 1.85 bits per heavy atom. The van der Waals surface area contributed by atoms with E-state index in [4.69, 9.17) is 4.74 Å². The molecular formula is C27H32N2O4. The average molecular weight is 449 g/mol. The zero-order valence-corrected chi connectivity index (χ0v) is 19.8. The third kappa shape index (κ3) is 4.26. The van der Waals surface area contributed by atoms with Gasteiger partial charge >= 0.3 is 0 Å². The molecule has 1 aromatic heterocycles. The van der Waals surface area contributed by atoms with Crippen LogP contribution in [0.1, 0.15) is 75.6 Å². The second-order valence-electron chi connectivity index (χ2n) is 9.95. The minimum atomic E-state index is -0.676. The Morgan fingerprint density at radius 1 is 1.12 bits per heavy atom. The lowest BCUT2D eigenvalue weighted by atomic mass is 9.85. The Labute approximate surface area is 195 Å². The number of nitrogens with zero attached hydrogens (tertiary/aromatic N) is 2. The predicted molar refractivity (Wildman–Crippen MR) is 127 cm³/mol. The first kappa shape index (κ1) is 23.0. The second-order valence-corrected chi connectivity index (χ2v) is 9.95. The average Bonchev–Trinajstić information content (AvgIpc) is 3.09. The molecule has 2 aromatic rings. The molecule has 1 atom stereocenters. The molecule has 1 aliphatic heterocycles. The van der Waals surface area contributed by atoms with Gasteiger partial charge in [0.15, 0.2) is 0 Å². The highest BCUT2D eigenvalue weighted by Crippen LogP contribution is 2.44. The van der Waals surface area contributed by atoms with Crippen molar-refractivity contribution in [3.05, 3.63) is 65.0 Å². The Bertz CT molecular complexity index is 1080. The summed E-state index contributed by atoms with van der Waals surface area (Å²) >= 11 is 0. The molecule has 1 aromatic carbocycles. The third-order valence-electron chi connectivity index (χ3n) is 6.77. The molecule has 33 heavy (non-hydrogen) atoms. The van der Waals surface area contributed by atoms with E-state index in [1.165, 1.54) is 7.11 Å². The van der Waals surface area contributed by atoms with Crippen molar-refractivity contribution in [3.63, 3.8) is 0 Å². The van der Waals surface area contributed by atoms with Crippen LogP contribution in [0.25, 0.3) is 5.76 Å². The molecule has 6 nitrogen and oxygen atoms in total. The lowest BCUT2D eigenvalue weighted by molar-refractivity contribution is -0.141. The zero-order valence-electron chi connectivity index (χ0n) is 19.8. The topological polar surface area (TPSA) is 79.7 Å². The van der Waals surface area contributed by atoms with Gasteiger partial charge in [-0.15, -0.1) is 0 Å². The van der Waals surface area contributed by atoms with Gasteiger partial charge in [-0.2, -0.15) is 0 Å². The van der Waals surface area contributed by atoms with Gasteiger partial charge in [0, 0.05) is 18.4 Å². The molecule has 1 amide bonds. The minimum Gasteiger partial charge on any atom is -0.507 e. The molecule has 0 bridgehead atoms. The lowest BCUT2D eigenvalue weighted by Crippen LogP contribution is -2.40. The van der Waals surface area contributed by atoms with E-state index in [0.29, 0.717) is 11.3 Å². The second kappa shape index (κ2) is 9.00. The van der Waals surface area contributed by atoms with Crippen molar-refractivity contribution in [1.29, 1.82) is 0 Å². The van der Waals surface area contributed by atoms with E-state index < -0.39 is 17.7 Å². The monoisotopic (exact) mass is 448 g/mol. The Morgan fingerprint density at radius 3 is 2.45 bits per heavy atom. The van der Waals surface area contributed by atoms with Gasteiger partial charge in [-0.05, 0) is 47.6 Å². The number of aromatic nitrogens is 1. The molecule has 4 rings (SSSR count). The summed E-state index contributed by atoms with van der Waals surface area (Å²) in [6, 6.07) is 8.54. The highest BCUT2D eigenvalue weighted by atomic mass is 16.5. The fourth-order valence-electron chi connectivity index (χ4n) is 4.96. The molecule has 1 N–H and O–H groups in total. The fraction of sp³-hybridized carbons (Fsp3) is 0.444. The molecule has 1 unspecified atom stereocenters. The van der Waals surface area contributed by atoms with Crippen molar-refractivity contribution in [2.24, 2.45) is 0 Å². The summed E-state index contributed by atoms with van der Waals surface area (Å²) in [5, 5.41) is 11.5. The standard InChI is InChI=1S/C27H32N2O4/c1-27(2,3)18-12-13-21(33-4)20(15-18)24(30)22-23(17-9-8-14-28-16-17)29(26(32)25(22)31)19-10-6-5-7-11-19/h8-9,12-16,19,23,30H,5-7,10-11H2,1-4H3/b24-22+. The van der Waals surface area contributed by atoms with Gasteiger partial charge in [0.25, 0.3) is 11.7 Å². The summed E-state index contributed by atoms with van der Waals surface area (Å²) in [7, 11) is 1.53. The van der Waals surface area contributed by atoms with Crippen molar-refractivity contribution in [1.82, 2.24) is 9.88 Å². The maximum atomic E-state index is 13.4. The number of aliphatic hydroxyl groups is 1. The van der Waals surface area contributed by atoms with Crippen molar-refractivity contribution >= 4 is 17.4 Å². The number of Topliss-reactive ketones (excluding diaryl/α,β-unsaturated/α-hetero) is 1. The van der Waals surface area contributed by atoms with E-state index in [-0.39, 0.29) is 22.8 Å². The van der Waals surface area contributed by atoms with Crippen LogP contribution in [-0.2, 0) is 15.0 Å². The van der Waals surface area contributed by atoms with Gasteiger partial charge in [0.05, 0.1) is 24.3 Å². The fourth-order valence-corrected chi connectivity index (χ4v) is 4.96. The number of carbonyl (C=O) groups excluding carboxylic acids is 2. The molecule has 1 saturated heterocycles. The summed E-state index contributed by atoms with van der Waals surface area (Å²) < 4.78 is 5.52. The van der Waals surface area contributed by atoms with Crippen LogP contribution in [0.4, 0.5) is 0 Å². The molecule has 1 aliphatic carbocycles. The van der Waals surface area contributed by atoms with Gasteiger partial charge in [-0.1, -0.05) is 52.2 Å². The van der Waals surface area contributed by atoms with Gasteiger partial charge in [-0.25, -0.2) is 0 Å². The Hall–Kier alpha value is -3.15. The largest absolute Gasteiger partial charge is 0.507 e. The lowest BCUT2D eigenvalue weighted by Gasteiger charge is -2.35. The van der Waals surface area contributed by atoms with Crippen LogP contribution >= 0.6 is 0 Å². The van der Waals surface area contributed by atoms with Crippen LogP contribution in [0, 0.1) is 0 Å². The van der Waals surface area contributed by atoms with Crippen LogP contribution in [0.15, 0.2) is 48.3 Å². The van der Waals surface area contributed by atoms with E-state index in [0.717, 1.165) is 43.2 Å². The number of hydrogen-bond acceptors (Lipinski definition) is 5. The van der Waals surface area contributed by atoms with E-state index in [9.17, 15) is 14.7 Å². The molecule has 0 radical (unpaired) electrons. The SMILES string of the molecule is COc1ccc(C(C)(C)C)cc1/C(O)=C1\C(=O)C(=O)N(C2CCCCC2)C1c1cccnc1. The van der Waals surface area contributed by atoms with Crippen molar-refractivity contribution in [2.75, 3.05) is 7.11 Å². The number of carbonyl (C=O) groups is 2. The van der Waals surface area contributed by atoms with Crippen LogP contribution < -0.4 is 4.74 Å². The van der Waals surface area contributed by atoms with Crippen molar-refractivity contribution < 1.29 is 19.4 Å². The molecular weight excluding hydrogens is 416 g/mol. The molecule has 6 heteroatoms. The van der Waals surface area contributed by atoms with Gasteiger partial charge < -0.3 is 14.7 Å². The minimum absolute atomic E-state index is 0.0338. The first-order chi connectivity index (χ1) is 15.7. The highest BCUT2D eigenvalue weighted by molar-refractivity contribution is 6.46. The highest BCUT2D eigenvalue weighted by Gasteiger charge is 2.49. The number of amides is 1. The summed E-state index contributed by atoms with van der Waals surface area (Å²) in [5.41, 5.74) is 2.06. The smallest absolute Gasteiger partial charge is 0.295 e. The van der Waals surface area contributed by atoms with Crippen LogP contribution in [0.2, 0.25) is 0 Å². The summed E-state index contributed by atoms with van der Waals surface area (Å²) in [6.07, 6.45) is 8.21. The zero-order chi connectivity index (χ0) is 23.8. The first-order valence-corrected chi connectivity index (χ1v) is 11.6. The number of ether oxygens (including phenoxy) is 1. The normalized spacial score (nSPS) is 21.5. The third-order valence-corrected chi connectivity index (χ3v) is 6.77. The molecule has 1 saturated carbocycles. The number of hydrogen-bond donors (Lipinski definition) is 1. The quantitative estimate of drug-likeness (QED) is 0.398. The summed E-state index contributed by atoms with van der Waals surface area (Å²) in [4.78, 5) is 32.6. The van der Waals surface area contributed by atoms with Crippen molar-refractivity contribution in [3.8, 4) is 5.75 Å². The van der Waals surface area contributed by atoms with Gasteiger partial charge in [0.2, 0.25) is 0 Å². The number of rotatable bonds is 4. The van der Waals surface area contributed by atoms with E-state index in [1.54, 1.807) is 29.4 Å². The first-order valence-electron chi connectivity index (χ1n) is 11.6.